The Morgan fingerprint density at radius 2 is 1.51 bits per heavy atom. The molecular formula is C63H90N14O14S2. The van der Waals surface area contributed by atoms with Gasteiger partial charge in [0.25, 0.3) is 0 Å². The van der Waals surface area contributed by atoms with Crippen LogP contribution >= 0.6 is 21.6 Å². The third kappa shape index (κ3) is 21.2. The third-order valence-electron chi connectivity index (χ3n) is 17.1. The molecule has 17 N–H and O–H groups in total. The van der Waals surface area contributed by atoms with E-state index in [0.29, 0.717) is 30.2 Å². The Balaban J connectivity index is 0.000000469. The van der Waals surface area contributed by atoms with Crippen molar-refractivity contribution in [3.05, 3.63) is 78.5 Å². The molecule has 508 valence electrons. The molecule has 5 saturated heterocycles. The van der Waals surface area contributed by atoms with Gasteiger partial charge in [-0.3, -0.25) is 62.6 Å². The maximum atomic E-state index is 14.5. The predicted molar refractivity (Wildman–Crippen MR) is 349 cm³/mol. The molecule has 3 aromatic rings. The van der Waals surface area contributed by atoms with Crippen LogP contribution in [-0.2, 0) is 59.2 Å². The van der Waals surface area contributed by atoms with Crippen LogP contribution in [0.1, 0.15) is 103 Å². The Morgan fingerprint density at radius 1 is 0.828 bits per heavy atom. The molecule has 0 saturated carbocycles. The lowest BCUT2D eigenvalue weighted by atomic mass is 9.73. The summed E-state index contributed by atoms with van der Waals surface area (Å²) >= 11 is 0. The monoisotopic (exact) mass is 1330 g/mol. The van der Waals surface area contributed by atoms with Gasteiger partial charge < -0.3 is 80.0 Å². The summed E-state index contributed by atoms with van der Waals surface area (Å²) < 4.78 is 5.35. The summed E-state index contributed by atoms with van der Waals surface area (Å²) in [6, 6.07) is 2.91. The van der Waals surface area contributed by atoms with Gasteiger partial charge in [-0.1, -0.05) is 73.9 Å². The number of piperidine rings is 3. The van der Waals surface area contributed by atoms with Crippen molar-refractivity contribution in [2.75, 3.05) is 44.8 Å². The number of benzene rings is 2. The van der Waals surface area contributed by atoms with E-state index in [1.54, 1.807) is 27.2 Å². The molecule has 0 aliphatic carbocycles. The van der Waals surface area contributed by atoms with Gasteiger partial charge in [0.05, 0.1) is 37.7 Å². The van der Waals surface area contributed by atoms with Gasteiger partial charge in [-0.15, -0.1) is 6.58 Å². The van der Waals surface area contributed by atoms with E-state index in [1.165, 1.54) is 35.6 Å². The molecule has 1 aromatic heterocycles. The summed E-state index contributed by atoms with van der Waals surface area (Å²) in [4.78, 5) is 155. The molecular weight excluding hydrogens is 1240 g/mol. The molecule has 5 fully saturated rings. The number of likely N-dealkylation sites (tertiary alicyclic amines) is 1. The third-order valence-corrected chi connectivity index (χ3v) is 19.6. The van der Waals surface area contributed by atoms with E-state index in [4.69, 9.17) is 27.7 Å². The first kappa shape index (κ1) is 74.0. The van der Waals surface area contributed by atoms with Crippen LogP contribution in [0.3, 0.4) is 0 Å². The lowest BCUT2D eigenvalue weighted by Crippen LogP contribution is -2.61. The Kier molecular flexibility index (Phi) is 28.1. The van der Waals surface area contributed by atoms with Crippen LogP contribution in [0.4, 0.5) is 0 Å². The number of phenols is 1. The number of pyridine rings is 1. The van der Waals surface area contributed by atoms with Crippen molar-refractivity contribution in [3.8, 4) is 11.5 Å². The van der Waals surface area contributed by atoms with Crippen molar-refractivity contribution in [1.82, 2.24) is 52.0 Å². The Labute approximate surface area is 548 Å². The van der Waals surface area contributed by atoms with Crippen LogP contribution < -0.4 is 64.9 Å². The highest BCUT2D eigenvalue weighted by Crippen LogP contribution is 2.42. The van der Waals surface area contributed by atoms with Crippen molar-refractivity contribution in [3.63, 3.8) is 0 Å². The van der Waals surface area contributed by atoms with Gasteiger partial charge in [0, 0.05) is 55.1 Å². The molecule has 30 heteroatoms. The molecule has 0 radical (unpaired) electrons. The smallest absolute Gasteiger partial charge is 0.246 e. The number of hydrogen-bond acceptors (Lipinski definition) is 19. The predicted octanol–water partition coefficient (Wildman–Crippen LogP) is -0.435. The van der Waals surface area contributed by atoms with Crippen LogP contribution in [-0.4, -0.2) is 189 Å². The number of phenolic OH excluding ortho intramolecular Hbond substituents is 1. The maximum Gasteiger partial charge on any atom is 0.246 e. The molecule has 5 aliphatic heterocycles. The van der Waals surface area contributed by atoms with Crippen LogP contribution in [0.2, 0.25) is 0 Å². The van der Waals surface area contributed by atoms with Crippen molar-refractivity contribution in [1.29, 1.82) is 0 Å². The summed E-state index contributed by atoms with van der Waals surface area (Å²) in [6.45, 7) is 12.7. The topological polar surface area (TPSA) is 445 Å². The summed E-state index contributed by atoms with van der Waals surface area (Å²) in [5.41, 5.74) is 24.8. The van der Waals surface area contributed by atoms with E-state index >= 15 is 0 Å². The molecule has 11 amide bonds. The fraction of sp³-hybridized carbons (Fsp3) is 0.556. The van der Waals surface area contributed by atoms with E-state index in [1.807, 2.05) is 38.1 Å². The zero-order valence-electron chi connectivity index (χ0n) is 53.1. The number of aliphatic hydroxyl groups excluding tert-OH is 1. The largest absolute Gasteiger partial charge is 0.508 e. The highest BCUT2D eigenvalue weighted by Gasteiger charge is 2.44. The molecule has 8 rings (SSSR count). The lowest BCUT2D eigenvalue weighted by molar-refractivity contribution is -0.142. The minimum atomic E-state index is -1.75. The number of methoxy groups -OCH3 is 1. The number of fused-ring (bicyclic) bond motifs is 4. The van der Waals surface area contributed by atoms with E-state index in [2.05, 4.69) is 59.8 Å². The standard InChI is InChI=1S/C43H66N12O12S2.C20H24N2O2/c1-5-22(4)35-42(66)49-26(12-13-32(45)57)38(62)51-29(17-33(46)58)39(63)53-30(20-69-68-19-25(44)36(60)50-28(40(64)54-35)16-23-8-10-24(56)11-9-23)43(67)55-14-6-7-31(55)41(65)52-27(15-21(2)3)37(61)48-18-34(47)59;1-3-13-12-22-9-7-14(13)10-19(22)20(23)16-6-8-21-18-5-4-15(24-2)11-17(16)18/h8-11,21-22,25-31,35,56H,5-7,12-20,44H2,1-4H3,(H2,45,57)(H2,46,58)(H2,47,59)(H,48,61)(H,49,66)(H,50,60)(H,51,62)(H,52,65)(H,53,63)(H,54,64);3-6,8,11,13-14,19-20,23H,1,7,9-10,12H2,2H3/t22-,25-,26-,27-,28-,29-,30-,31-,35-;13-,14-,19+,20-/m00/s1. The normalized spacial score (nSPS) is 25.8. The summed E-state index contributed by atoms with van der Waals surface area (Å²) in [5, 5.41) is 39.8. The highest BCUT2D eigenvalue weighted by atomic mass is 33.1. The second kappa shape index (κ2) is 35.3. The number of primary amides is 3. The van der Waals surface area contributed by atoms with Gasteiger partial charge in [-0.05, 0) is 116 Å². The van der Waals surface area contributed by atoms with Crippen molar-refractivity contribution in [2.45, 2.75) is 152 Å². The van der Waals surface area contributed by atoms with Gasteiger partial charge in [-0.25, -0.2) is 0 Å². The van der Waals surface area contributed by atoms with Gasteiger partial charge in [-0.2, -0.15) is 0 Å². The first-order valence-electron chi connectivity index (χ1n) is 31.2. The number of aromatic nitrogens is 1. The summed E-state index contributed by atoms with van der Waals surface area (Å²) in [6.07, 6.45) is 4.93. The Hall–Kier alpha value is -8.06. The number of nitrogens with zero attached hydrogens (tertiary/aromatic N) is 3. The van der Waals surface area contributed by atoms with E-state index in [0.717, 1.165) is 63.3 Å². The maximum absolute atomic E-state index is 14.5. The number of ether oxygens (including phenoxy) is 1. The molecule has 93 heavy (non-hydrogen) atoms. The van der Waals surface area contributed by atoms with Crippen LogP contribution in [0, 0.1) is 23.7 Å². The number of hydrogen-bond donors (Lipinski definition) is 13. The highest BCUT2D eigenvalue weighted by molar-refractivity contribution is 8.76. The fourth-order valence-corrected chi connectivity index (χ4v) is 14.1. The Bertz CT molecular complexity index is 3180. The van der Waals surface area contributed by atoms with Crippen molar-refractivity contribution < 1.29 is 67.7 Å². The number of nitrogens with one attached hydrogen (secondary N) is 7. The molecule has 6 heterocycles. The number of aromatic hydroxyl groups is 1. The average Bonchev–Trinajstić information content (AvgIpc) is 1.16. The van der Waals surface area contributed by atoms with E-state index < -0.39 is 151 Å². The fourth-order valence-electron chi connectivity index (χ4n) is 11.8. The number of rotatable bonds is 21. The lowest BCUT2D eigenvalue weighted by Gasteiger charge is -2.50. The number of aliphatic hydroxyl groups is 1. The molecule has 2 bridgehead atoms. The number of amides is 11. The Morgan fingerprint density at radius 3 is 2.14 bits per heavy atom. The van der Waals surface area contributed by atoms with Crippen LogP contribution in [0.5, 0.6) is 11.5 Å². The average molecular weight is 1330 g/mol. The molecule has 2 aromatic carbocycles. The first-order valence-corrected chi connectivity index (χ1v) is 33.7. The quantitative estimate of drug-likeness (QED) is 0.0475. The minimum absolute atomic E-state index is 0.0468. The molecule has 28 nitrogen and oxygen atoms in total. The van der Waals surface area contributed by atoms with Crippen LogP contribution in [0.25, 0.3) is 10.9 Å². The van der Waals surface area contributed by atoms with Gasteiger partial charge in [0.15, 0.2) is 0 Å². The zero-order chi connectivity index (χ0) is 68.2. The second-order valence-electron chi connectivity index (χ2n) is 24.4. The number of carbonyl (C=O) groups is 11. The molecule has 5 aliphatic rings. The SMILES string of the molecule is C=C[C@H]1CN2CC[C@H]1C[C@@H]2[C@@H](O)c1ccnc2ccc(OC)cc12.CC[C@H](C)[C@@H]1NC(=O)[C@H](Cc2ccc(O)cc2)NC(=O)[C@@H](N)CSSC[C@@H](C(=O)N2CCC[C@H]2C(=O)N[C@@H](CC(C)C)C(=O)NCC(N)=O)NC(=O)[C@H](CC(N)=O)NC(=O)[C@H](CCC(N)=O)NC1=O. The molecule has 14 atom stereocenters. The first-order chi connectivity index (χ1) is 44.2. The molecule has 1 unspecified atom stereocenters. The van der Waals surface area contributed by atoms with E-state index in [9.17, 15) is 63.0 Å². The van der Waals surface area contributed by atoms with Gasteiger partial charge >= 0.3 is 0 Å². The molecule has 0 spiro atoms. The van der Waals surface area contributed by atoms with Crippen LogP contribution in [0.15, 0.2) is 67.4 Å². The number of carbonyl (C=O) groups excluding carboxylic acids is 11. The second-order valence-corrected chi connectivity index (χ2v) is 26.9. The minimum Gasteiger partial charge on any atom is -0.508 e. The van der Waals surface area contributed by atoms with E-state index in [-0.39, 0.29) is 55.0 Å². The summed E-state index contributed by atoms with van der Waals surface area (Å²) in [5.74, 6) is -8.38. The van der Waals surface area contributed by atoms with Crippen molar-refractivity contribution in [2.24, 2.45) is 46.6 Å². The summed E-state index contributed by atoms with van der Waals surface area (Å²) in [7, 11) is 3.71. The van der Waals surface area contributed by atoms with Gasteiger partial charge in [0.2, 0.25) is 65.0 Å². The zero-order valence-corrected chi connectivity index (χ0v) is 54.8. The number of nitrogens with two attached hydrogens (primary N) is 4. The van der Waals surface area contributed by atoms with Gasteiger partial charge in [0.1, 0.15) is 53.8 Å². The van der Waals surface area contributed by atoms with Crippen molar-refractivity contribution >= 4 is 97.5 Å².